The summed E-state index contributed by atoms with van der Waals surface area (Å²) in [5.41, 5.74) is 0.695. The predicted octanol–water partition coefficient (Wildman–Crippen LogP) is 1.86. The van der Waals surface area contributed by atoms with E-state index in [1.807, 2.05) is 0 Å². The first-order chi connectivity index (χ1) is 8.44. The number of benzene rings is 1. The summed E-state index contributed by atoms with van der Waals surface area (Å²) < 4.78 is 12.7. The minimum atomic E-state index is -0.643. The van der Waals surface area contributed by atoms with Crippen molar-refractivity contribution in [2.24, 2.45) is 5.41 Å². The molecule has 3 nitrogen and oxygen atoms in total. The van der Waals surface area contributed by atoms with Crippen molar-refractivity contribution in [3.05, 3.63) is 35.6 Å². The molecule has 0 spiro atoms. The lowest BCUT2D eigenvalue weighted by Gasteiger charge is -2.24. The van der Waals surface area contributed by atoms with Gasteiger partial charge < -0.3 is 15.5 Å². The number of hydrogen-bond donors (Lipinski definition) is 3. The monoisotopic (exact) mass is 255 g/mol. The Morgan fingerprint density at radius 2 is 1.89 bits per heavy atom. The molecule has 0 aliphatic carbocycles. The fraction of sp³-hybridized carbons (Fsp3) is 0.571. The van der Waals surface area contributed by atoms with E-state index in [0.717, 1.165) is 0 Å². The molecule has 1 rings (SSSR count). The summed E-state index contributed by atoms with van der Waals surface area (Å²) in [5.74, 6) is -0.303. The molecule has 1 unspecified atom stereocenters. The number of halogens is 1. The fourth-order valence-electron chi connectivity index (χ4n) is 1.74. The summed E-state index contributed by atoms with van der Waals surface area (Å²) >= 11 is 0. The summed E-state index contributed by atoms with van der Waals surface area (Å²) in [5, 5.41) is 22.0. The lowest BCUT2D eigenvalue weighted by molar-refractivity contribution is 0.160. The smallest absolute Gasteiger partial charge is 0.123 e. The topological polar surface area (TPSA) is 52.5 Å². The first-order valence-corrected chi connectivity index (χ1v) is 6.20. The van der Waals surface area contributed by atoms with E-state index in [-0.39, 0.29) is 17.8 Å². The normalized spacial score (nSPS) is 13.6. The Kier molecular flexibility index (Phi) is 5.72. The van der Waals surface area contributed by atoms with Gasteiger partial charge in [-0.1, -0.05) is 26.0 Å². The number of nitrogens with one attached hydrogen (secondary N) is 1. The van der Waals surface area contributed by atoms with Gasteiger partial charge in [0.25, 0.3) is 0 Å². The van der Waals surface area contributed by atoms with Crippen molar-refractivity contribution < 1.29 is 14.6 Å². The molecule has 0 saturated heterocycles. The Hall–Kier alpha value is -0.970. The van der Waals surface area contributed by atoms with E-state index in [9.17, 15) is 9.50 Å². The lowest BCUT2D eigenvalue weighted by Crippen LogP contribution is -2.32. The maximum absolute atomic E-state index is 12.7. The van der Waals surface area contributed by atoms with Gasteiger partial charge in [-0.3, -0.25) is 0 Å². The standard InChI is InChI=1S/C14H22FNO2/c1-14(2,7-8-17)10-16-9-13(18)11-3-5-12(15)6-4-11/h3-6,13,16-18H,7-10H2,1-2H3. The second-order valence-corrected chi connectivity index (χ2v) is 5.34. The molecule has 102 valence electrons. The van der Waals surface area contributed by atoms with Gasteiger partial charge in [0.05, 0.1) is 6.10 Å². The highest BCUT2D eigenvalue weighted by atomic mass is 19.1. The SMILES string of the molecule is CC(C)(CCO)CNCC(O)c1ccc(F)cc1. The van der Waals surface area contributed by atoms with E-state index >= 15 is 0 Å². The number of rotatable bonds is 7. The van der Waals surface area contributed by atoms with E-state index < -0.39 is 6.10 Å². The average molecular weight is 255 g/mol. The van der Waals surface area contributed by atoms with Crippen LogP contribution in [0.2, 0.25) is 0 Å². The third kappa shape index (κ3) is 5.12. The summed E-state index contributed by atoms with van der Waals surface area (Å²) in [7, 11) is 0. The molecule has 4 heteroatoms. The minimum absolute atomic E-state index is 0.00271. The van der Waals surface area contributed by atoms with Crippen molar-refractivity contribution in [1.29, 1.82) is 0 Å². The van der Waals surface area contributed by atoms with Gasteiger partial charge in [-0.25, -0.2) is 4.39 Å². The largest absolute Gasteiger partial charge is 0.396 e. The van der Waals surface area contributed by atoms with Gasteiger partial charge in [-0.2, -0.15) is 0 Å². The van der Waals surface area contributed by atoms with Crippen LogP contribution in [0.15, 0.2) is 24.3 Å². The molecule has 1 aromatic rings. The van der Waals surface area contributed by atoms with Crippen molar-refractivity contribution in [2.45, 2.75) is 26.4 Å². The van der Waals surface area contributed by atoms with Gasteiger partial charge in [0.2, 0.25) is 0 Å². The van der Waals surface area contributed by atoms with E-state index in [2.05, 4.69) is 19.2 Å². The van der Waals surface area contributed by atoms with Gasteiger partial charge in [-0.05, 0) is 29.5 Å². The zero-order chi connectivity index (χ0) is 13.6. The van der Waals surface area contributed by atoms with Crippen LogP contribution in [0.4, 0.5) is 4.39 Å². The molecule has 0 bridgehead atoms. The number of aliphatic hydroxyl groups excluding tert-OH is 2. The molecule has 0 fully saturated rings. The molecule has 0 aliphatic heterocycles. The van der Waals surface area contributed by atoms with Gasteiger partial charge in [-0.15, -0.1) is 0 Å². The van der Waals surface area contributed by atoms with Gasteiger partial charge in [0.1, 0.15) is 5.82 Å². The highest BCUT2D eigenvalue weighted by molar-refractivity contribution is 5.18. The molecule has 0 heterocycles. The van der Waals surface area contributed by atoms with Crippen molar-refractivity contribution in [2.75, 3.05) is 19.7 Å². The summed E-state index contributed by atoms with van der Waals surface area (Å²) in [4.78, 5) is 0. The Morgan fingerprint density at radius 3 is 2.44 bits per heavy atom. The van der Waals surface area contributed by atoms with Crippen molar-refractivity contribution >= 4 is 0 Å². The minimum Gasteiger partial charge on any atom is -0.396 e. The van der Waals surface area contributed by atoms with Crippen molar-refractivity contribution in [3.8, 4) is 0 Å². The van der Waals surface area contributed by atoms with E-state index in [1.54, 1.807) is 12.1 Å². The van der Waals surface area contributed by atoms with Gasteiger partial charge in [0, 0.05) is 19.7 Å². The number of hydrogen-bond acceptors (Lipinski definition) is 3. The Morgan fingerprint density at radius 1 is 1.28 bits per heavy atom. The van der Waals surface area contributed by atoms with Crippen LogP contribution in [0.3, 0.4) is 0 Å². The van der Waals surface area contributed by atoms with Gasteiger partial charge in [0.15, 0.2) is 0 Å². The predicted molar refractivity (Wildman–Crippen MR) is 69.7 cm³/mol. The Labute approximate surface area is 108 Å². The van der Waals surface area contributed by atoms with Crippen LogP contribution >= 0.6 is 0 Å². The van der Waals surface area contributed by atoms with Crippen LogP contribution in [0.5, 0.6) is 0 Å². The Bertz CT molecular complexity index is 351. The van der Waals surface area contributed by atoms with E-state index in [4.69, 9.17) is 5.11 Å². The Balaban J connectivity index is 2.37. The molecule has 0 amide bonds. The molecule has 0 radical (unpaired) electrons. The molecule has 18 heavy (non-hydrogen) atoms. The fourth-order valence-corrected chi connectivity index (χ4v) is 1.74. The van der Waals surface area contributed by atoms with Crippen LogP contribution < -0.4 is 5.32 Å². The molecule has 1 atom stereocenters. The van der Waals surface area contributed by atoms with E-state index in [1.165, 1.54) is 12.1 Å². The second kappa shape index (κ2) is 6.83. The maximum atomic E-state index is 12.7. The molecule has 0 saturated carbocycles. The quantitative estimate of drug-likeness (QED) is 0.697. The van der Waals surface area contributed by atoms with Crippen LogP contribution in [-0.2, 0) is 0 Å². The average Bonchev–Trinajstić information content (AvgIpc) is 2.29. The zero-order valence-corrected chi connectivity index (χ0v) is 11.0. The highest BCUT2D eigenvalue weighted by Crippen LogP contribution is 2.18. The molecule has 1 aromatic carbocycles. The molecule has 0 aromatic heterocycles. The van der Waals surface area contributed by atoms with E-state index in [0.29, 0.717) is 25.1 Å². The third-order valence-corrected chi connectivity index (χ3v) is 2.98. The van der Waals surface area contributed by atoms with Crippen molar-refractivity contribution in [1.82, 2.24) is 5.32 Å². The molecule has 0 aliphatic rings. The van der Waals surface area contributed by atoms with Gasteiger partial charge >= 0.3 is 0 Å². The zero-order valence-electron chi connectivity index (χ0n) is 11.0. The lowest BCUT2D eigenvalue weighted by atomic mass is 9.89. The van der Waals surface area contributed by atoms with Crippen LogP contribution in [-0.4, -0.2) is 29.9 Å². The van der Waals surface area contributed by atoms with Crippen LogP contribution in [0.25, 0.3) is 0 Å². The summed E-state index contributed by atoms with van der Waals surface area (Å²) in [6, 6.07) is 5.85. The first kappa shape index (κ1) is 15.1. The van der Waals surface area contributed by atoms with Crippen LogP contribution in [0, 0.1) is 11.2 Å². The number of aliphatic hydroxyl groups is 2. The summed E-state index contributed by atoms with van der Waals surface area (Å²) in [6.45, 7) is 5.41. The van der Waals surface area contributed by atoms with Crippen LogP contribution in [0.1, 0.15) is 31.9 Å². The van der Waals surface area contributed by atoms with Crippen molar-refractivity contribution in [3.63, 3.8) is 0 Å². The second-order valence-electron chi connectivity index (χ2n) is 5.34. The first-order valence-electron chi connectivity index (χ1n) is 6.20. The summed E-state index contributed by atoms with van der Waals surface area (Å²) in [6.07, 6.45) is 0.0719. The highest BCUT2D eigenvalue weighted by Gasteiger charge is 2.17. The molecular formula is C14H22FNO2. The molecular weight excluding hydrogens is 233 g/mol. The molecule has 3 N–H and O–H groups in total. The maximum Gasteiger partial charge on any atom is 0.123 e. The third-order valence-electron chi connectivity index (χ3n) is 2.98.